The second kappa shape index (κ2) is 6.91. The van der Waals surface area contributed by atoms with Crippen molar-refractivity contribution in [3.05, 3.63) is 24.3 Å². The van der Waals surface area contributed by atoms with E-state index < -0.39 is 9.84 Å². The molecular formula is C12H18O3S2. The molecule has 96 valence electrons. The highest BCUT2D eigenvalue weighted by molar-refractivity contribution is 7.91. The third-order valence-electron chi connectivity index (χ3n) is 2.23. The fourth-order valence-electron chi connectivity index (χ4n) is 1.34. The predicted molar refractivity (Wildman–Crippen MR) is 72.8 cm³/mol. The quantitative estimate of drug-likeness (QED) is 0.777. The van der Waals surface area contributed by atoms with Gasteiger partial charge in [0.1, 0.15) is 5.75 Å². The molecular weight excluding hydrogens is 256 g/mol. The first-order valence-electron chi connectivity index (χ1n) is 5.66. The molecule has 17 heavy (non-hydrogen) atoms. The van der Waals surface area contributed by atoms with Crippen LogP contribution in [0.4, 0.5) is 0 Å². The second-order valence-electron chi connectivity index (χ2n) is 3.72. The van der Waals surface area contributed by atoms with Crippen LogP contribution in [0.2, 0.25) is 0 Å². The fraction of sp³-hybridized carbons (Fsp3) is 0.500. The minimum Gasteiger partial charge on any atom is -0.494 e. The Labute approximate surface area is 109 Å². The molecule has 1 aromatic rings. The predicted octanol–water partition coefficient (Wildman–Crippen LogP) is 2.57. The van der Waals surface area contributed by atoms with Crippen LogP contribution in [-0.4, -0.2) is 26.5 Å². The van der Waals surface area contributed by atoms with Gasteiger partial charge in [-0.3, -0.25) is 0 Å². The summed E-state index contributed by atoms with van der Waals surface area (Å²) in [4.78, 5) is 0.350. The number of hydrogen-bond donors (Lipinski definition) is 1. The van der Waals surface area contributed by atoms with E-state index in [1.807, 2.05) is 6.92 Å². The van der Waals surface area contributed by atoms with E-state index in [4.69, 9.17) is 4.74 Å². The second-order valence-corrected chi connectivity index (χ2v) is 6.27. The van der Waals surface area contributed by atoms with Crippen LogP contribution in [0.3, 0.4) is 0 Å². The highest BCUT2D eigenvalue weighted by Crippen LogP contribution is 2.17. The van der Waals surface area contributed by atoms with Gasteiger partial charge in [-0.05, 0) is 42.9 Å². The molecule has 0 atom stereocenters. The molecule has 0 radical (unpaired) electrons. The molecule has 0 bridgehead atoms. The Kier molecular flexibility index (Phi) is 5.85. The summed E-state index contributed by atoms with van der Waals surface area (Å²) in [6.07, 6.45) is 1.50. The molecule has 0 N–H and O–H groups in total. The van der Waals surface area contributed by atoms with Crippen LogP contribution in [-0.2, 0) is 9.84 Å². The molecule has 3 nitrogen and oxygen atoms in total. The number of hydrogen-bond acceptors (Lipinski definition) is 4. The number of benzene rings is 1. The number of thiol groups is 1. The van der Waals surface area contributed by atoms with Crippen molar-refractivity contribution in [3.63, 3.8) is 0 Å². The zero-order valence-corrected chi connectivity index (χ0v) is 11.6. The van der Waals surface area contributed by atoms with Gasteiger partial charge in [0.2, 0.25) is 0 Å². The minimum absolute atomic E-state index is 0.145. The summed E-state index contributed by atoms with van der Waals surface area (Å²) in [5.74, 6) is 1.43. The fourth-order valence-corrected chi connectivity index (χ4v) is 3.02. The van der Waals surface area contributed by atoms with E-state index in [-0.39, 0.29) is 5.75 Å². The summed E-state index contributed by atoms with van der Waals surface area (Å²) in [6, 6.07) is 6.59. The van der Waals surface area contributed by atoms with Gasteiger partial charge in [-0.1, -0.05) is 6.92 Å². The molecule has 0 aliphatic rings. The van der Waals surface area contributed by atoms with Crippen molar-refractivity contribution in [1.82, 2.24) is 0 Å². The molecule has 1 aromatic carbocycles. The minimum atomic E-state index is -3.16. The zero-order valence-electron chi connectivity index (χ0n) is 9.93. The van der Waals surface area contributed by atoms with Crippen LogP contribution >= 0.6 is 12.6 Å². The third-order valence-corrected chi connectivity index (χ3v) is 4.36. The van der Waals surface area contributed by atoms with Gasteiger partial charge >= 0.3 is 0 Å². The maximum Gasteiger partial charge on any atom is 0.178 e. The van der Waals surface area contributed by atoms with Crippen LogP contribution in [0.1, 0.15) is 19.8 Å². The van der Waals surface area contributed by atoms with Gasteiger partial charge in [0.05, 0.1) is 17.3 Å². The Morgan fingerprint density at radius 2 is 1.88 bits per heavy atom. The van der Waals surface area contributed by atoms with Crippen molar-refractivity contribution < 1.29 is 13.2 Å². The molecule has 0 heterocycles. The molecule has 0 amide bonds. The van der Waals surface area contributed by atoms with Crippen LogP contribution < -0.4 is 4.74 Å². The molecule has 0 unspecified atom stereocenters. The van der Waals surface area contributed by atoms with Gasteiger partial charge in [-0.15, -0.1) is 0 Å². The van der Waals surface area contributed by atoms with Crippen LogP contribution in [0, 0.1) is 0 Å². The van der Waals surface area contributed by atoms with Crippen molar-refractivity contribution in [2.24, 2.45) is 0 Å². The smallest absolute Gasteiger partial charge is 0.178 e. The van der Waals surface area contributed by atoms with E-state index in [0.29, 0.717) is 29.4 Å². The van der Waals surface area contributed by atoms with Crippen molar-refractivity contribution in [1.29, 1.82) is 0 Å². The van der Waals surface area contributed by atoms with Crippen LogP contribution in [0.5, 0.6) is 5.75 Å². The molecule has 0 aliphatic carbocycles. The highest BCUT2D eigenvalue weighted by atomic mass is 32.2. The van der Waals surface area contributed by atoms with Gasteiger partial charge < -0.3 is 4.74 Å². The van der Waals surface area contributed by atoms with E-state index in [1.165, 1.54) is 0 Å². The Morgan fingerprint density at radius 1 is 1.24 bits per heavy atom. The topological polar surface area (TPSA) is 43.4 Å². The van der Waals surface area contributed by atoms with Crippen LogP contribution in [0.25, 0.3) is 0 Å². The number of ether oxygens (including phenoxy) is 1. The van der Waals surface area contributed by atoms with Gasteiger partial charge in [-0.2, -0.15) is 12.6 Å². The van der Waals surface area contributed by atoms with E-state index in [1.54, 1.807) is 24.3 Å². The number of rotatable bonds is 7. The number of sulfone groups is 1. The van der Waals surface area contributed by atoms with Crippen LogP contribution in [0.15, 0.2) is 29.2 Å². The van der Waals surface area contributed by atoms with Crippen molar-refractivity contribution >= 4 is 22.5 Å². The first-order chi connectivity index (χ1) is 8.10. The Balaban J connectivity index is 2.73. The van der Waals surface area contributed by atoms with E-state index in [2.05, 4.69) is 12.6 Å². The zero-order chi connectivity index (χ0) is 12.7. The van der Waals surface area contributed by atoms with E-state index in [9.17, 15) is 8.42 Å². The molecule has 0 fully saturated rings. The molecule has 5 heteroatoms. The summed E-state index contributed by atoms with van der Waals surface area (Å²) >= 11 is 4.02. The first kappa shape index (κ1) is 14.4. The lowest BCUT2D eigenvalue weighted by Crippen LogP contribution is -2.07. The molecule has 0 saturated carbocycles. The third kappa shape index (κ3) is 4.60. The SMILES string of the molecule is CCCOc1ccc(S(=O)(=O)CCCS)cc1. The Hall–Kier alpha value is -0.680. The maximum atomic E-state index is 11.8. The Morgan fingerprint density at radius 3 is 2.41 bits per heavy atom. The van der Waals surface area contributed by atoms with Crippen molar-refractivity contribution in [3.8, 4) is 5.75 Å². The van der Waals surface area contributed by atoms with Crippen molar-refractivity contribution in [2.45, 2.75) is 24.7 Å². The van der Waals surface area contributed by atoms with E-state index >= 15 is 0 Å². The first-order valence-corrected chi connectivity index (χ1v) is 7.95. The van der Waals surface area contributed by atoms with Gasteiger partial charge in [0.15, 0.2) is 9.84 Å². The summed E-state index contributed by atoms with van der Waals surface area (Å²) in [6.45, 7) is 2.67. The lowest BCUT2D eigenvalue weighted by Gasteiger charge is -2.06. The average molecular weight is 274 g/mol. The normalized spacial score (nSPS) is 11.4. The molecule has 0 spiro atoms. The largest absolute Gasteiger partial charge is 0.494 e. The summed E-state index contributed by atoms with van der Waals surface area (Å²) in [7, 11) is -3.16. The molecule has 1 rings (SSSR count). The van der Waals surface area contributed by atoms with Gasteiger partial charge in [0, 0.05) is 0 Å². The lowest BCUT2D eigenvalue weighted by atomic mass is 10.3. The average Bonchev–Trinajstić information content (AvgIpc) is 2.34. The summed E-state index contributed by atoms with van der Waals surface area (Å²) in [5.41, 5.74) is 0. The van der Waals surface area contributed by atoms with Gasteiger partial charge in [-0.25, -0.2) is 8.42 Å². The standard InChI is InChI=1S/C12H18O3S2/c1-2-8-15-11-4-6-12(7-5-11)17(13,14)10-3-9-16/h4-7,16H,2-3,8-10H2,1H3. The summed E-state index contributed by atoms with van der Waals surface area (Å²) in [5, 5.41) is 0. The molecule has 0 aromatic heterocycles. The van der Waals surface area contributed by atoms with Crippen molar-refractivity contribution in [2.75, 3.05) is 18.1 Å². The van der Waals surface area contributed by atoms with E-state index in [0.717, 1.165) is 6.42 Å². The molecule has 0 saturated heterocycles. The maximum absolute atomic E-state index is 11.8. The summed E-state index contributed by atoms with van der Waals surface area (Å²) < 4.78 is 29.1. The lowest BCUT2D eigenvalue weighted by molar-refractivity contribution is 0.317. The monoisotopic (exact) mass is 274 g/mol. The van der Waals surface area contributed by atoms with Gasteiger partial charge in [0.25, 0.3) is 0 Å². The molecule has 0 aliphatic heterocycles. The Bertz CT molecular complexity index is 424. The highest BCUT2D eigenvalue weighted by Gasteiger charge is 2.13.